The summed E-state index contributed by atoms with van der Waals surface area (Å²) in [6, 6.07) is 1.92. The number of ether oxygens (including phenoxy) is 1. The lowest BCUT2D eigenvalue weighted by molar-refractivity contribution is 0.0518. The molecule has 1 N–H and O–H groups in total. The Labute approximate surface area is 150 Å². The second kappa shape index (κ2) is 7.79. The number of amides is 1. The molecule has 0 aromatic carbocycles. The number of hydrogen-bond donors (Lipinski definition) is 1. The number of nitrogens with zero attached hydrogens (tertiary/aromatic N) is 4. The third-order valence-corrected chi connectivity index (χ3v) is 4.18. The molecular weight excluding hydrogens is 374 g/mol. The molecule has 1 aliphatic carbocycles. The van der Waals surface area contributed by atoms with Gasteiger partial charge >= 0.3 is 6.09 Å². The Morgan fingerprint density at radius 2 is 2.17 bits per heavy atom. The second-order valence-electron chi connectivity index (χ2n) is 6.85. The van der Waals surface area contributed by atoms with Crippen LogP contribution in [-0.2, 0) is 4.74 Å². The standard InChI is InChI=1S/C16H22BrN5O2/c1-16(2,3)24-15(23)21-22(10-11-6-4-5-7-11)14-12(17)9-19-13(8-18)20-14/h9,11H,4-7,10H2,1-3H3,(H,21,23). The molecule has 24 heavy (non-hydrogen) atoms. The maximum Gasteiger partial charge on any atom is 0.426 e. The van der Waals surface area contributed by atoms with E-state index in [1.165, 1.54) is 19.0 Å². The summed E-state index contributed by atoms with van der Waals surface area (Å²) in [6.45, 7) is 6.03. The van der Waals surface area contributed by atoms with E-state index >= 15 is 0 Å². The van der Waals surface area contributed by atoms with Crippen molar-refractivity contribution in [1.29, 1.82) is 5.26 Å². The normalized spacial score (nSPS) is 15.0. The van der Waals surface area contributed by atoms with Gasteiger partial charge in [-0.05, 0) is 55.5 Å². The molecule has 2 rings (SSSR count). The molecule has 0 atom stereocenters. The van der Waals surface area contributed by atoms with Crippen molar-refractivity contribution in [1.82, 2.24) is 15.4 Å². The Kier molecular flexibility index (Phi) is 5.99. The number of rotatable bonds is 4. The molecule has 1 heterocycles. The van der Waals surface area contributed by atoms with Gasteiger partial charge in [0, 0.05) is 12.7 Å². The number of carbonyl (C=O) groups excluding carboxylic acids is 1. The zero-order valence-corrected chi connectivity index (χ0v) is 15.8. The molecule has 8 heteroatoms. The summed E-state index contributed by atoms with van der Waals surface area (Å²) in [7, 11) is 0. The van der Waals surface area contributed by atoms with Gasteiger partial charge in [-0.15, -0.1) is 0 Å². The number of carbonyl (C=O) groups is 1. The number of nitriles is 1. The van der Waals surface area contributed by atoms with E-state index in [4.69, 9.17) is 10.00 Å². The van der Waals surface area contributed by atoms with E-state index in [1.807, 2.05) is 26.8 Å². The highest BCUT2D eigenvalue weighted by Gasteiger charge is 2.25. The van der Waals surface area contributed by atoms with Crippen molar-refractivity contribution in [3.8, 4) is 6.07 Å². The summed E-state index contributed by atoms with van der Waals surface area (Å²) < 4.78 is 5.94. The Morgan fingerprint density at radius 1 is 1.50 bits per heavy atom. The third-order valence-electron chi connectivity index (χ3n) is 3.62. The first kappa shape index (κ1) is 18.5. The highest BCUT2D eigenvalue weighted by Crippen LogP contribution is 2.29. The number of anilines is 1. The van der Waals surface area contributed by atoms with Gasteiger partial charge in [0.1, 0.15) is 11.7 Å². The minimum Gasteiger partial charge on any atom is -0.443 e. The van der Waals surface area contributed by atoms with E-state index in [-0.39, 0.29) is 5.82 Å². The van der Waals surface area contributed by atoms with E-state index in [1.54, 1.807) is 5.01 Å². The van der Waals surface area contributed by atoms with Crippen LogP contribution in [0.1, 0.15) is 52.3 Å². The van der Waals surface area contributed by atoms with Crippen LogP contribution in [0.3, 0.4) is 0 Å². The largest absolute Gasteiger partial charge is 0.443 e. The summed E-state index contributed by atoms with van der Waals surface area (Å²) in [5.41, 5.74) is 2.16. The zero-order valence-electron chi connectivity index (χ0n) is 14.2. The summed E-state index contributed by atoms with van der Waals surface area (Å²) in [4.78, 5) is 20.3. The first-order chi connectivity index (χ1) is 11.3. The summed E-state index contributed by atoms with van der Waals surface area (Å²) >= 11 is 3.39. The molecule has 1 amide bonds. The van der Waals surface area contributed by atoms with Gasteiger partial charge in [-0.1, -0.05) is 12.8 Å². The van der Waals surface area contributed by atoms with Gasteiger partial charge in [0.15, 0.2) is 5.82 Å². The SMILES string of the molecule is CC(C)(C)OC(=O)NN(CC1CCCC1)c1nc(C#N)ncc1Br. The Morgan fingerprint density at radius 3 is 2.75 bits per heavy atom. The topological polar surface area (TPSA) is 91.1 Å². The fraction of sp³-hybridized carbons (Fsp3) is 0.625. The van der Waals surface area contributed by atoms with E-state index in [2.05, 4.69) is 31.3 Å². The molecule has 7 nitrogen and oxygen atoms in total. The lowest BCUT2D eigenvalue weighted by Crippen LogP contribution is -2.47. The zero-order chi connectivity index (χ0) is 17.7. The van der Waals surface area contributed by atoms with Crippen molar-refractivity contribution >= 4 is 27.8 Å². The van der Waals surface area contributed by atoms with Crippen LogP contribution in [0.15, 0.2) is 10.7 Å². The predicted molar refractivity (Wildman–Crippen MR) is 93.1 cm³/mol. The van der Waals surface area contributed by atoms with Gasteiger partial charge in [0.25, 0.3) is 0 Å². The Bertz CT molecular complexity index is 632. The summed E-state index contributed by atoms with van der Waals surface area (Å²) in [5.74, 6) is 0.974. The Balaban J connectivity index is 2.22. The number of hydrogen-bond acceptors (Lipinski definition) is 6. The van der Waals surface area contributed by atoms with Crippen molar-refractivity contribution in [2.24, 2.45) is 5.92 Å². The van der Waals surface area contributed by atoms with E-state index in [0.717, 1.165) is 12.8 Å². The molecule has 0 unspecified atom stereocenters. The van der Waals surface area contributed by atoms with Crippen LogP contribution in [0, 0.1) is 17.2 Å². The van der Waals surface area contributed by atoms with Crippen molar-refractivity contribution in [3.63, 3.8) is 0 Å². The number of nitrogens with one attached hydrogen (secondary N) is 1. The van der Waals surface area contributed by atoms with Crippen LogP contribution in [0.25, 0.3) is 0 Å². The van der Waals surface area contributed by atoms with Gasteiger partial charge in [0.2, 0.25) is 5.82 Å². The molecule has 1 saturated carbocycles. The lowest BCUT2D eigenvalue weighted by Gasteiger charge is -2.29. The average Bonchev–Trinajstić information content (AvgIpc) is 2.98. The number of hydrazine groups is 1. The molecule has 0 radical (unpaired) electrons. The Hall–Kier alpha value is -1.88. The van der Waals surface area contributed by atoms with Crippen molar-refractivity contribution in [3.05, 3.63) is 16.5 Å². The maximum absolute atomic E-state index is 12.2. The average molecular weight is 396 g/mol. The second-order valence-corrected chi connectivity index (χ2v) is 7.71. The first-order valence-corrected chi connectivity index (χ1v) is 8.77. The monoisotopic (exact) mass is 395 g/mol. The predicted octanol–water partition coefficient (Wildman–Crippen LogP) is 3.55. The fourth-order valence-electron chi connectivity index (χ4n) is 2.65. The van der Waals surface area contributed by atoms with Gasteiger partial charge in [-0.3, -0.25) is 5.01 Å². The third kappa shape index (κ3) is 5.34. The maximum atomic E-state index is 12.2. The summed E-state index contributed by atoms with van der Waals surface area (Å²) in [6.07, 6.45) is 5.57. The highest BCUT2D eigenvalue weighted by atomic mass is 79.9. The van der Waals surface area contributed by atoms with Crippen LogP contribution >= 0.6 is 15.9 Å². The molecule has 0 bridgehead atoms. The van der Waals surface area contributed by atoms with Crippen LogP contribution in [0.4, 0.5) is 10.6 Å². The van der Waals surface area contributed by atoms with E-state index in [0.29, 0.717) is 22.8 Å². The molecule has 0 spiro atoms. The first-order valence-electron chi connectivity index (χ1n) is 7.98. The smallest absolute Gasteiger partial charge is 0.426 e. The van der Waals surface area contributed by atoms with E-state index in [9.17, 15) is 4.79 Å². The number of aromatic nitrogens is 2. The number of halogens is 1. The highest BCUT2D eigenvalue weighted by molar-refractivity contribution is 9.10. The van der Waals surface area contributed by atoms with Crippen LogP contribution in [-0.4, -0.2) is 28.2 Å². The van der Waals surface area contributed by atoms with Crippen molar-refractivity contribution in [2.75, 3.05) is 11.6 Å². The van der Waals surface area contributed by atoms with Gasteiger partial charge in [-0.25, -0.2) is 15.2 Å². The molecular formula is C16H22BrN5O2. The fourth-order valence-corrected chi connectivity index (χ4v) is 3.05. The molecule has 0 saturated heterocycles. The van der Waals surface area contributed by atoms with Crippen LogP contribution in [0.2, 0.25) is 0 Å². The summed E-state index contributed by atoms with van der Waals surface area (Å²) in [5, 5.41) is 10.7. The van der Waals surface area contributed by atoms with Crippen LogP contribution in [0.5, 0.6) is 0 Å². The van der Waals surface area contributed by atoms with Crippen LogP contribution < -0.4 is 10.4 Å². The van der Waals surface area contributed by atoms with Gasteiger partial charge < -0.3 is 4.74 Å². The van der Waals surface area contributed by atoms with Gasteiger partial charge in [0.05, 0.1) is 4.47 Å². The molecule has 0 aliphatic heterocycles. The molecule has 1 aromatic rings. The van der Waals surface area contributed by atoms with Crippen molar-refractivity contribution in [2.45, 2.75) is 52.1 Å². The van der Waals surface area contributed by atoms with E-state index < -0.39 is 11.7 Å². The molecule has 1 aliphatic rings. The molecule has 1 fully saturated rings. The quantitative estimate of drug-likeness (QED) is 0.783. The lowest BCUT2D eigenvalue weighted by atomic mass is 10.1. The van der Waals surface area contributed by atoms with Crippen molar-refractivity contribution < 1.29 is 9.53 Å². The minimum atomic E-state index is -0.593. The molecule has 130 valence electrons. The minimum absolute atomic E-state index is 0.0515. The van der Waals surface area contributed by atoms with Gasteiger partial charge in [-0.2, -0.15) is 10.2 Å². The molecule has 1 aromatic heterocycles.